The minimum absolute atomic E-state index is 0.0831. The summed E-state index contributed by atoms with van der Waals surface area (Å²) in [7, 11) is 0. The topological polar surface area (TPSA) is 113 Å². The van der Waals surface area contributed by atoms with Gasteiger partial charge in [0.2, 0.25) is 0 Å². The smallest absolute Gasteiger partial charge is 0.338 e. The number of benzene rings is 2. The predicted octanol–water partition coefficient (Wildman–Crippen LogP) is 3.17. The summed E-state index contributed by atoms with van der Waals surface area (Å²) in [4.78, 5) is 32.3. The van der Waals surface area contributed by atoms with Gasteiger partial charge in [0.1, 0.15) is 6.61 Å². The molecule has 118 valence electrons. The highest BCUT2D eigenvalue weighted by molar-refractivity contribution is 5.90. The lowest BCUT2D eigenvalue weighted by atomic mass is 10.1. The normalized spacial score (nSPS) is 10.1. The van der Waals surface area contributed by atoms with Crippen LogP contribution in [0, 0.1) is 27.2 Å². The molecular formula is C15H12N2O6. The third-order valence-electron chi connectivity index (χ3n) is 3.12. The van der Waals surface area contributed by atoms with Gasteiger partial charge in [0.15, 0.2) is 0 Å². The van der Waals surface area contributed by atoms with Gasteiger partial charge in [-0.1, -0.05) is 12.1 Å². The number of hydrogen-bond donors (Lipinski definition) is 0. The molecule has 0 saturated carbocycles. The van der Waals surface area contributed by atoms with Crippen molar-refractivity contribution < 1.29 is 19.4 Å². The number of nitrogens with zero attached hydrogens (tertiary/aromatic N) is 2. The Morgan fingerprint density at radius 3 is 2.43 bits per heavy atom. The maximum absolute atomic E-state index is 11.9. The maximum atomic E-state index is 11.9. The van der Waals surface area contributed by atoms with Crippen molar-refractivity contribution in [3.8, 4) is 0 Å². The minimum Gasteiger partial charge on any atom is -0.457 e. The van der Waals surface area contributed by atoms with Crippen LogP contribution in [0.2, 0.25) is 0 Å². The van der Waals surface area contributed by atoms with Crippen LogP contribution < -0.4 is 0 Å². The van der Waals surface area contributed by atoms with Crippen LogP contribution in [0.1, 0.15) is 21.5 Å². The van der Waals surface area contributed by atoms with Crippen molar-refractivity contribution in [2.75, 3.05) is 0 Å². The summed E-state index contributed by atoms with van der Waals surface area (Å²) in [6, 6.07) is 9.66. The van der Waals surface area contributed by atoms with Crippen LogP contribution in [0.4, 0.5) is 11.4 Å². The molecule has 0 atom stereocenters. The summed E-state index contributed by atoms with van der Waals surface area (Å²) in [5, 5.41) is 21.4. The molecule has 0 heterocycles. The van der Waals surface area contributed by atoms with E-state index in [2.05, 4.69) is 0 Å². The Morgan fingerprint density at radius 2 is 1.83 bits per heavy atom. The lowest BCUT2D eigenvalue weighted by molar-refractivity contribution is -0.385. The molecule has 0 aliphatic carbocycles. The van der Waals surface area contributed by atoms with Gasteiger partial charge >= 0.3 is 5.97 Å². The highest BCUT2D eigenvalue weighted by atomic mass is 16.6. The molecule has 0 bridgehead atoms. The number of hydrogen-bond acceptors (Lipinski definition) is 6. The van der Waals surface area contributed by atoms with Crippen molar-refractivity contribution >= 4 is 17.3 Å². The molecule has 0 saturated heterocycles. The van der Waals surface area contributed by atoms with Crippen molar-refractivity contribution in [2.24, 2.45) is 0 Å². The standard InChI is InChI=1S/C15H12N2O6/c1-10-7-12(5-6-14(10)17(21)22)15(18)23-9-11-3-2-4-13(8-11)16(19)20/h2-8H,9H2,1H3. The van der Waals surface area contributed by atoms with Gasteiger partial charge in [-0.05, 0) is 24.6 Å². The fraction of sp³-hybridized carbons (Fsp3) is 0.133. The molecule has 8 heteroatoms. The second kappa shape index (κ2) is 6.65. The summed E-state index contributed by atoms with van der Waals surface area (Å²) < 4.78 is 5.07. The third-order valence-corrected chi connectivity index (χ3v) is 3.12. The molecule has 0 spiro atoms. The monoisotopic (exact) mass is 316 g/mol. The van der Waals surface area contributed by atoms with E-state index < -0.39 is 15.8 Å². The van der Waals surface area contributed by atoms with Crippen LogP contribution in [0.5, 0.6) is 0 Å². The van der Waals surface area contributed by atoms with Crippen LogP contribution in [0.3, 0.4) is 0 Å². The molecule has 23 heavy (non-hydrogen) atoms. The Hall–Kier alpha value is -3.29. The van der Waals surface area contributed by atoms with E-state index in [0.29, 0.717) is 11.1 Å². The lowest BCUT2D eigenvalue weighted by Gasteiger charge is -2.06. The molecule has 2 aromatic rings. The van der Waals surface area contributed by atoms with E-state index in [9.17, 15) is 25.0 Å². The van der Waals surface area contributed by atoms with Crippen LogP contribution in [0.15, 0.2) is 42.5 Å². The van der Waals surface area contributed by atoms with Crippen LogP contribution in [-0.4, -0.2) is 15.8 Å². The van der Waals surface area contributed by atoms with E-state index in [1.807, 2.05) is 0 Å². The molecule has 2 aromatic carbocycles. The van der Waals surface area contributed by atoms with Crippen molar-refractivity contribution in [3.63, 3.8) is 0 Å². The number of non-ortho nitro benzene ring substituents is 1. The van der Waals surface area contributed by atoms with Crippen molar-refractivity contribution in [2.45, 2.75) is 13.5 Å². The van der Waals surface area contributed by atoms with E-state index in [0.717, 1.165) is 0 Å². The molecule has 0 fully saturated rings. The number of rotatable bonds is 5. The Labute approximate surface area is 130 Å². The summed E-state index contributed by atoms with van der Waals surface area (Å²) in [6.45, 7) is 1.39. The molecule has 0 amide bonds. The second-order valence-corrected chi connectivity index (χ2v) is 4.76. The number of nitro benzene ring substituents is 2. The summed E-state index contributed by atoms with van der Waals surface area (Å²) in [5.41, 5.74) is 0.828. The molecule has 0 aromatic heterocycles. The number of carbonyl (C=O) groups excluding carboxylic acids is 1. The first kappa shape index (κ1) is 16.1. The van der Waals surface area contributed by atoms with Gasteiger partial charge in [0.05, 0.1) is 15.4 Å². The van der Waals surface area contributed by atoms with Gasteiger partial charge in [-0.15, -0.1) is 0 Å². The summed E-state index contributed by atoms with van der Waals surface area (Å²) in [6.07, 6.45) is 0. The fourth-order valence-corrected chi connectivity index (χ4v) is 1.98. The van der Waals surface area contributed by atoms with E-state index in [4.69, 9.17) is 4.74 Å². The first-order valence-corrected chi connectivity index (χ1v) is 6.54. The van der Waals surface area contributed by atoms with Crippen molar-refractivity contribution in [1.29, 1.82) is 0 Å². The SMILES string of the molecule is Cc1cc(C(=O)OCc2cccc([N+](=O)[O-])c2)ccc1[N+](=O)[O-]. The van der Waals surface area contributed by atoms with Gasteiger partial charge < -0.3 is 4.74 Å². The molecule has 2 rings (SSSR count). The Kier molecular flexibility index (Phi) is 4.65. The van der Waals surface area contributed by atoms with Gasteiger partial charge in [0.25, 0.3) is 11.4 Å². The quantitative estimate of drug-likeness (QED) is 0.475. The molecule has 0 aliphatic heterocycles. The number of carbonyl (C=O) groups is 1. The molecule has 8 nitrogen and oxygen atoms in total. The third kappa shape index (κ3) is 3.88. The Bertz CT molecular complexity index is 787. The Balaban J connectivity index is 2.08. The molecule has 0 aliphatic rings. The number of nitro groups is 2. The zero-order valence-electron chi connectivity index (χ0n) is 12.1. The van der Waals surface area contributed by atoms with Crippen LogP contribution in [-0.2, 0) is 11.3 Å². The first-order valence-electron chi connectivity index (χ1n) is 6.54. The van der Waals surface area contributed by atoms with Crippen molar-refractivity contribution in [1.82, 2.24) is 0 Å². The molecule has 0 radical (unpaired) electrons. The average Bonchev–Trinajstić information content (AvgIpc) is 2.52. The minimum atomic E-state index is -0.658. The van der Waals surface area contributed by atoms with E-state index in [1.54, 1.807) is 6.07 Å². The van der Waals surface area contributed by atoms with Crippen LogP contribution >= 0.6 is 0 Å². The lowest BCUT2D eigenvalue weighted by Crippen LogP contribution is -2.06. The van der Waals surface area contributed by atoms with E-state index in [-0.39, 0.29) is 23.5 Å². The zero-order chi connectivity index (χ0) is 17.0. The first-order chi connectivity index (χ1) is 10.9. The van der Waals surface area contributed by atoms with Gasteiger partial charge in [-0.2, -0.15) is 0 Å². The van der Waals surface area contributed by atoms with Gasteiger partial charge in [-0.3, -0.25) is 20.2 Å². The highest BCUT2D eigenvalue weighted by Crippen LogP contribution is 2.20. The summed E-state index contributed by atoms with van der Waals surface area (Å²) in [5.74, 6) is -0.658. The Morgan fingerprint density at radius 1 is 1.09 bits per heavy atom. The average molecular weight is 316 g/mol. The molecule has 0 N–H and O–H groups in total. The fourth-order valence-electron chi connectivity index (χ4n) is 1.98. The van der Waals surface area contributed by atoms with E-state index in [1.165, 1.54) is 43.3 Å². The van der Waals surface area contributed by atoms with Gasteiger partial charge in [0, 0.05) is 23.8 Å². The largest absolute Gasteiger partial charge is 0.457 e. The maximum Gasteiger partial charge on any atom is 0.338 e. The number of esters is 1. The molecule has 0 unspecified atom stereocenters. The van der Waals surface area contributed by atoms with Gasteiger partial charge in [-0.25, -0.2) is 4.79 Å². The second-order valence-electron chi connectivity index (χ2n) is 4.76. The number of ether oxygens (including phenoxy) is 1. The summed E-state index contributed by atoms with van der Waals surface area (Å²) >= 11 is 0. The van der Waals surface area contributed by atoms with Crippen LogP contribution in [0.25, 0.3) is 0 Å². The highest BCUT2D eigenvalue weighted by Gasteiger charge is 2.15. The van der Waals surface area contributed by atoms with E-state index >= 15 is 0 Å². The predicted molar refractivity (Wildman–Crippen MR) is 80.0 cm³/mol. The van der Waals surface area contributed by atoms with Crippen molar-refractivity contribution in [3.05, 3.63) is 79.4 Å². The molecular weight excluding hydrogens is 304 g/mol. The zero-order valence-corrected chi connectivity index (χ0v) is 12.1. The number of aryl methyl sites for hydroxylation is 1.